The molecule has 28 heavy (non-hydrogen) atoms. The van der Waals surface area contributed by atoms with Gasteiger partial charge < -0.3 is 19.3 Å². The Hall–Kier alpha value is -3.22. The van der Waals surface area contributed by atoms with Crippen molar-refractivity contribution in [1.82, 2.24) is 5.43 Å². The standard InChI is InChI=1S/C21H26N2O5/c1-21(2,3)15-6-8-16(9-7-15)28-13-19(24)23-22-12-14-10-17(26-4)20(25)18(11-14)27-5/h6-12,25H,13H2,1-5H3,(H,23,24). The summed E-state index contributed by atoms with van der Waals surface area (Å²) < 4.78 is 15.6. The van der Waals surface area contributed by atoms with Crippen molar-refractivity contribution in [2.45, 2.75) is 26.2 Å². The van der Waals surface area contributed by atoms with Gasteiger partial charge in [-0.1, -0.05) is 32.9 Å². The van der Waals surface area contributed by atoms with Gasteiger partial charge in [-0.15, -0.1) is 0 Å². The normalized spacial score (nSPS) is 11.3. The summed E-state index contributed by atoms with van der Waals surface area (Å²) in [5.41, 5.74) is 4.22. The third-order valence-corrected chi connectivity index (χ3v) is 4.00. The highest BCUT2D eigenvalue weighted by atomic mass is 16.5. The van der Waals surface area contributed by atoms with E-state index in [0.717, 1.165) is 0 Å². The van der Waals surface area contributed by atoms with Gasteiger partial charge in [-0.3, -0.25) is 4.79 Å². The smallest absolute Gasteiger partial charge is 0.277 e. The average Bonchev–Trinajstić information content (AvgIpc) is 2.67. The van der Waals surface area contributed by atoms with Gasteiger partial charge in [0.25, 0.3) is 5.91 Å². The molecule has 2 aromatic rings. The minimum atomic E-state index is -0.395. The van der Waals surface area contributed by atoms with Crippen molar-refractivity contribution < 1.29 is 24.1 Å². The molecule has 0 unspecified atom stereocenters. The van der Waals surface area contributed by atoms with Crippen LogP contribution in [0, 0.1) is 0 Å². The molecule has 1 amide bonds. The van der Waals surface area contributed by atoms with Gasteiger partial charge in [0.05, 0.1) is 20.4 Å². The van der Waals surface area contributed by atoms with Gasteiger partial charge in [0.2, 0.25) is 5.75 Å². The molecule has 7 nitrogen and oxygen atoms in total. The highest BCUT2D eigenvalue weighted by Gasteiger charge is 2.13. The monoisotopic (exact) mass is 386 g/mol. The maximum Gasteiger partial charge on any atom is 0.277 e. The number of nitrogens with zero attached hydrogens (tertiary/aromatic N) is 1. The molecule has 7 heteroatoms. The number of amides is 1. The van der Waals surface area contributed by atoms with E-state index in [1.807, 2.05) is 24.3 Å². The molecule has 0 spiro atoms. The van der Waals surface area contributed by atoms with Crippen LogP contribution in [0.4, 0.5) is 0 Å². The first-order chi connectivity index (χ1) is 13.2. The zero-order chi connectivity index (χ0) is 20.7. The molecule has 0 radical (unpaired) electrons. The van der Waals surface area contributed by atoms with E-state index in [2.05, 4.69) is 31.3 Å². The molecular weight excluding hydrogens is 360 g/mol. The lowest BCUT2D eigenvalue weighted by Gasteiger charge is -2.19. The van der Waals surface area contributed by atoms with E-state index in [4.69, 9.17) is 14.2 Å². The quantitative estimate of drug-likeness (QED) is 0.563. The number of aromatic hydroxyl groups is 1. The van der Waals surface area contributed by atoms with Crippen LogP contribution in [0.1, 0.15) is 31.9 Å². The van der Waals surface area contributed by atoms with Gasteiger partial charge in [0.15, 0.2) is 18.1 Å². The Kier molecular flexibility index (Phi) is 6.87. The molecule has 0 aliphatic heterocycles. The van der Waals surface area contributed by atoms with E-state index in [1.165, 1.54) is 26.0 Å². The fourth-order valence-corrected chi connectivity index (χ4v) is 2.40. The second-order valence-corrected chi connectivity index (χ2v) is 7.13. The van der Waals surface area contributed by atoms with Crippen LogP contribution in [-0.4, -0.2) is 38.1 Å². The summed E-state index contributed by atoms with van der Waals surface area (Å²) in [6.07, 6.45) is 1.42. The van der Waals surface area contributed by atoms with Crippen LogP contribution in [0.3, 0.4) is 0 Å². The van der Waals surface area contributed by atoms with Gasteiger partial charge in [-0.2, -0.15) is 5.10 Å². The van der Waals surface area contributed by atoms with E-state index < -0.39 is 5.91 Å². The largest absolute Gasteiger partial charge is 0.502 e. The highest BCUT2D eigenvalue weighted by molar-refractivity contribution is 5.84. The zero-order valence-electron chi connectivity index (χ0n) is 16.8. The number of nitrogens with one attached hydrogen (secondary N) is 1. The summed E-state index contributed by atoms with van der Waals surface area (Å²) in [6.45, 7) is 6.24. The number of phenolic OH excluding ortho intramolecular Hbond substituents is 1. The molecule has 0 aliphatic carbocycles. The summed E-state index contributed by atoms with van der Waals surface area (Å²) in [5.74, 6) is 0.606. The fraction of sp³-hybridized carbons (Fsp3) is 0.333. The number of hydrazone groups is 1. The first kappa shape index (κ1) is 21.1. The van der Waals surface area contributed by atoms with E-state index in [1.54, 1.807) is 12.1 Å². The van der Waals surface area contributed by atoms with Crippen molar-refractivity contribution in [3.8, 4) is 23.0 Å². The van der Waals surface area contributed by atoms with Gasteiger partial charge in [0.1, 0.15) is 5.75 Å². The van der Waals surface area contributed by atoms with Crippen LogP contribution >= 0.6 is 0 Å². The Morgan fingerprint density at radius 3 is 2.18 bits per heavy atom. The number of rotatable bonds is 7. The number of hydrogen-bond donors (Lipinski definition) is 2. The number of phenols is 1. The summed E-state index contributed by atoms with van der Waals surface area (Å²) in [5, 5.41) is 13.8. The molecule has 2 rings (SSSR count). The van der Waals surface area contributed by atoms with Crippen LogP contribution in [0.5, 0.6) is 23.0 Å². The van der Waals surface area contributed by atoms with Crippen molar-refractivity contribution in [1.29, 1.82) is 0 Å². The number of carbonyl (C=O) groups excluding carboxylic acids is 1. The van der Waals surface area contributed by atoms with Crippen molar-refractivity contribution >= 4 is 12.1 Å². The number of carbonyl (C=O) groups is 1. The molecular formula is C21H26N2O5. The maximum atomic E-state index is 11.9. The number of hydrogen-bond acceptors (Lipinski definition) is 6. The minimum Gasteiger partial charge on any atom is -0.502 e. The molecule has 0 bridgehead atoms. The first-order valence-electron chi connectivity index (χ1n) is 8.75. The van der Waals surface area contributed by atoms with Crippen molar-refractivity contribution in [2.75, 3.05) is 20.8 Å². The first-order valence-corrected chi connectivity index (χ1v) is 8.75. The minimum absolute atomic E-state index is 0.0597. The van der Waals surface area contributed by atoms with Gasteiger partial charge in [-0.05, 0) is 35.2 Å². The van der Waals surface area contributed by atoms with E-state index in [-0.39, 0.29) is 29.3 Å². The fourth-order valence-electron chi connectivity index (χ4n) is 2.40. The topological polar surface area (TPSA) is 89.4 Å². The van der Waals surface area contributed by atoms with Crippen LogP contribution in [0.2, 0.25) is 0 Å². The molecule has 0 heterocycles. The third-order valence-electron chi connectivity index (χ3n) is 4.00. The van der Waals surface area contributed by atoms with Crippen molar-refractivity contribution in [3.63, 3.8) is 0 Å². The third kappa shape index (κ3) is 5.64. The molecule has 150 valence electrons. The predicted octanol–water partition coefficient (Wildman–Crippen LogP) is 3.24. The van der Waals surface area contributed by atoms with Crippen LogP contribution in [-0.2, 0) is 10.2 Å². The van der Waals surface area contributed by atoms with Crippen molar-refractivity contribution in [3.05, 3.63) is 47.5 Å². The molecule has 0 aliphatic rings. The SMILES string of the molecule is COc1cc(C=NNC(=O)COc2ccc(C(C)(C)C)cc2)cc(OC)c1O. The lowest BCUT2D eigenvalue weighted by atomic mass is 9.87. The zero-order valence-corrected chi connectivity index (χ0v) is 16.8. The van der Waals surface area contributed by atoms with E-state index in [0.29, 0.717) is 11.3 Å². The number of methoxy groups -OCH3 is 2. The Morgan fingerprint density at radius 1 is 1.11 bits per heavy atom. The van der Waals surface area contributed by atoms with Crippen LogP contribution in [0.25, 0.3) is 0 Å². The Labute approximate surface area is 164 Å². The molecule has 0 saturated carbocycles. The summed E-state index contributed by atoms with van der Waals surface area (Å²) in [7, 11) is 2.87. The van der Waals surface area contributed by atoms with E-state index >= 15 is 0 Å². The second kappa shape index (κ2) is 9.12. The summed E-state index contributed by atoms with van der Waals surface area (Å²) >= 11 is 0. The van der Waals surface area contributed by atoms with Crippen LogP contribution in [0.15, 0.2) is 41.5 Å². The number of ether oxygens (including phenoxy) is 3. The highest BCUT2D eigenvalue weighted by Crippen LogP contribution is 2.36. The lowest BCUT2D eigenvalue weighted by Crippen LogP contribution is -2.24. The van der Waals surface area contributed by atoms with Gasteiger partial charge in [0, 0.05) is 5.56 Å². The molecule has 0 atom stereocenters. The second-order valence-electron chi connectivity index (χ2n) is 7.13. The average molecular weight is 386 g/mol. The van der Waals surface area contributed by atoms with Crippen molar-refractivity contribution in [2.24, 2.45) is 5.10 Å². The maximum absolute atomic E-state index is 11.9. The molecule has 0 aromatic heterocycles. The van der Waals surface area contributed by atoms with Gasteiger partial charge in [-0.25, -0.2) is 5.43 Å². The molecule has 2 aromatic carbocycles. The number of benzene rings is 2. The lowest BCUT2D eigenvalue weighted by molar-refractivity contribution is -0.123. The Balaban J connectivity index is 1.90. The summed E-state index contributed by atoms with van der Waals surface area (Å²) in [4.78, 5) is 11.9. The summed E-state index contributed by atoms with van der Waals surface area (Å²) in [6, 6.07) is 10.8. The van der Waals surface area contributed by atoms with Gasteiger partial charge >= 0.3 is 0 Å². The van der Waals surface area contributed by atoms with E-state index in [9.17, 15) is 9.90 Å². The molecule has 0 fully saturated rings. The molecule has 0 saturated heterocycles. The Morgan fingerprint density at radius 2 is 1.68 bits per heavy atom. The Bertz CT molecular complexity index is 814. The van der Waals surface area contributed by atoms with Crippen LogP contribution < -0.4 is 19.6 Å². The predicted molar refractivity (Wildman–Crippen MR) is 108 cm³/mol. The molecule has 2 N–H and O–H groups in total.